The average Bonchev–Trinajstić information content (AvgIpc) is 3.03. The van der Waals surface area contributed by atoms with E-state index in [1.54, 1.807) is 52.8 Å². The lowest BCUT2D eigenvalue weighted by molar-refractivity contribution is -0.117. The van der Waals surface area contributed by atoms with E-state index >= 15 is 0 Å². The number of anilines is 1. The highest BCUT2D eigenvalue weighted by molar-refractivity contribution is 8.78. The van der Waals surface area contributed by atoms with Crippen molar-refractivity contribution in [2.45, 2.75) is 11.3 Å². The van der Waals surface area contributed by atoms with Gasteiger partial charge in [-0.05, 0) is 12.1 Å². The molecule has 2 N–H and O–H groups in total. The van der Waals surface area contributed by atoms with Gasteiger partial charge in [0.25, 0.3) is 0 Å². The van der Waals surface area contributed by atoms with Crippen LogP contribution in [0.5, 0.6) is 11.5 Å². The zero-order valence-electron chi connectivity index (χ0n) is 11.4. The molecule has 114 valence electrons. The summed E-state index contributed by atoms with van der Waals surface area (Å²) in [5.74, 6) is 1.17. The third-order valence-corrected chi connectivity index (χ3v) is 5.77. The van der Waals surface area contributed by atoms with Gasteiger partial charge in [0.1, 0.15) is 17.5 Å². The van der Waals surface area contributed by atoms with E-state index in [1.807, 2.05) is 11.5 Å². The zero-order valence-corrected chi connectivity index (χ0v) is 13.9. The van der Waals surface area contributed by atoms with E-state index in [0.29, 0.717) is 17.2 Å². The lowest BCUT2D eigenvalue weighted by atomic mass is 10.2. The topological polar surface area (TPSA) is 64.8 Å². The number of nitrogens with two attached hydrogens (primary N) is 1. The Morgan fingerprint density at radius 2 is 2.05 bits per heavy atom. The number of hydrogen-bond donors (Lipinski definition) is 1. The molecule has 3 rings (SSSR count). The predicted molar refractivity (Wildman–Crippen MR) is 89.3 cm³/mol. The number of halogens is 1. The minimum absolute atomic E-state index is 0. The van der Waals surface area contributed by atoms with Crippen molar-refractivity contribution < 1.29 is 14.3 Å². The fourth-order valence-corrected chi connectivity index (χ4v) is 4.91. The molecule has 0 radical (unpaired) electrons. The molecule has 2 aliphatic heterocycles. The fraction of sp³-hybridized carbons (Fsp3) is 0.308. The number of hydrogen-bond acceptors (Lipinski definition) is 6. The molecule has 1 saturated heterocycles. The number of carbonyl (C=O) groups excluding carboxylic acids is 1. The fourth-order valence-electron chi connectivity index (χ4n) is 2.31. The summed E-state index contributed by atoms with van der Waals surface area (Å²) < 4.78 is 10.6. The summed E-state index contributed by atoms with van der Waals surface area (Å²) in [6.07, 6.45) is 0. The maximum atomic E-state index is 12.4. The maximum absolute atomic E-state index is 12.4. The van der Waals surface area contributed by atoms with E-state index in [1.165, 1.54) is 0 Å². The highest BCUT2D eigenvalue weighted by Crippen LogP contribution is 2.50. The Kier molecular flexibility index (Phi) is 4.98. The molecule has 0 saturated carbocycles. The van der Waals surface area contributed by atoms with Crippen molar-refractivity contribution >= 4 is 45.6 Å². The standard InChI is InChI=1S/C13H14N2O3S2.ClH/c1-17-7-3-4-8(10(5-7)18-2)15-9-6-19-20-12(9)11(14)13(15)16;/h3-6,11-12H,14H2,1-2H3;1H. The summed E-state index contributed by atoms with van der Waals surface area (Å²) in [6.45, 7) is 0. The van der Waals surface area contributed by atoms with Crippen LogP contribution in [-0.2, 0) is 4.79 Å². The van der Waals surface area contributed by atoms with Crippen molar-refractivity contribution in [1.29, 1.82) is 0 Å². The van der Waals surface area contributed by atoms with Crippen LogP contribution in [0.4, 0.5) is 5.69 Å². The van der Waals surface area contributed by atoms with Crippen LogP contribution in [0.2, 0.25) is 0 Å². The Morgan fingerprint density at radius 1 is 1.29 bits per heavy atom. The highest BCUT2D eigenvalue weighted by atomic mass is 35.5. The summed E-state index contributed by atoms with van der Waals surface area (Å²) in [6, 6.07) is 4.88. The van der Waals surface area contributed by atoms with Gasteiger partial charge in [-0.2, -0.15) is 0 Å². The Labute approximate surface area is 137 Å². The van der Waals surface area contributed by atoms with E-state index in [2.05, 4.69) is 0 Å². The Morgan fingerprint density at radius 3 is 2.71 bits per heavy atom. The largest absolute Gasteiger partial charge is 0.497 e. The van der Waals surface area contributed by atoms with Gasteiger partial charge in [0.15, 0.2) is 0 Å². The van der Waals surface area contributed by atoms with Gasteiger partial charge < -0.3 is 15.2 Å². The summed E-state index contributed by atoms with van der Waals surface area (Å²) in [5.41, 5.74) is 7.64. The molecular formula is C13H15ClN2O3S2. The number of benzene rings is 1. The highest BCUT2D eigenvalue weighted by Gasteiger charge is 2.46. The van der Waals surface area contributed by atoms with E-state index in [4.69, 9.17) is 15.2 Å². The van der Waals surface area contributed by atoms with Crippen molar-refractivity contribution in [1.82, 2.24) is 0 Å². The first kappa shape index (κ1) is 16.4. The van der Waals surface area contributed by atoms with Crippen LogP contribution >= 0.6 is 34.0 Å². The molecule has 1 aromatic carbocycles. The first-order valence-corrected chi connectivity index (χ1v) is 8.28. The smallest absolute Gasteiger partial charge is 0.249 e. The molecule has 5 nitrogen and oxygen atoms in total. The third kappa shape index (κ3) is 2.59. The zero-order chi connectivity index (χ0) is 14.3. The lowest BCUT2D eigenvalue weighted by Crippen LogP contribution is -2.36. The van der Waals surface area contributed by atoms with Gasteiger partial charge in [0.05, 0.1) is 25.2 Å². The summed E-state index contributed by atoms with van der Waals surface area (Å²) in [4.78, 5) is 14.0. The van der Waals surface area contributed by atoms with Crippen molar-refractivity contribution in [2.75, 3.05) is 19.1 Å². The van der Waals surface area contributed by atoms with Gasteiger partial charge in [-0.15, -0.1) is 12.4 Å². The van der Waals surface area contributed by atoms with E-state index in [0.717, 1.165) is 5.70 Å². The molecular weight excluding hydrogens is 332 g/mol. The van der Waals surface area contributed by atoms with Crippen LogP contribution < -0.4 is 20.1 Å². The second kappa shape index (κ2) is 6.39. The number of fused-ring (bicyclic) bond motifs is 1. The summed E-state index contributed by atoms with van der Waals surface area (Å²) >= 11 is 0. The maximum Gasteiger partial charge on any atom is 0.249 e. The quantitative estimate of drug-likeness (QED) is 0.848. The first-order valence-electron chi connectivity index (χ1n) is 6.01. The second-order valence-corrected chi connectivity index (χ2v) is 6.68. The van der Waals surface area contributed by atoms with E-state index in [-0.39, 0.29) is 23.6 Å². The predicted octanol–water partition coefficient (Wildman–Crippen LogP) is 2.40. The molecule has 1 fully saturated rings. The lowest BCUT2D eigenvalue weighted by Gasteiger charge is -2.20. The third-order valence-electron chi connectivity index (χ3n) is 3.34. The normalized spacial score (nSPS) is 23.5. The van der Waals surface area contributed by atoms with Gasteiger partial charge in [-0.25, -0.2) is 0 Å². The van der Waals surface area contributed by atoms with E-state index in [9.17, 15) is 4.79 Å². The molecule has 2 heterocycles. The monoisotopic (exact) mass is 346 g/mol. The Hall–Kier alpha value is -1.02. The number of nitrogens with zero attached hydrogens (tertiary/aromatic N) is 1. The minimum Gasteiger partial charge on any atom is -0.497 e. The molecule has 8 heteroatoms. The van der Waals surface area contributed by atoms with E-state index < -0.39 is 6.04 Å². The minimum atomic E-state index is -0.506. The number of ether oxygens (including phenoxy) is 2. The molecule has 0 aromatic heterocycles. The number of rotatable bonds is 3. The van der Waals surface area contributed by atoms with Crippen molar-refractivity contribution in [3.63, 3.8) is 0 Å². The molecule has 21 heavy (non-hydrogen) atoms. The molecule has 2 unspecified atom stereocenters. The van der Waals surface area contributed by atoms with Crippen LogP contribution in [-0.4, -0.2) is 31.4 Å². The van der Waals surface area contributed by atoms with Gasteiger partial charge in [-0.3, -0.25) is 9.69 Å². The van der Waals surface area contributed by atoms with Crippen LogP contribution in [0.15, 0.2) is 29.3 Å². The second-order valence-electron chi connectivity index (χ2n) is 4.39. The molecule has 0 aliphatic carbocycles. The van der Waals surface area contributed by atoms with Gasteiger partial charge >= 0.3 is 0 Å². The van der Waals surface area contributed by atoms with Gasteiger partial charge in [0.2, 0.25) is 5.91 Å². The van der Waals surface area contributed by atoms with Crippen molar-refractivity contribution in [3.8, 4) is 11.5 Å². The molecule has 0 bridgehead atoms. The summed E-state index contributed by atoms with van der Waals surface area (Å²) in [7, 11) is 6.39. The molecule has 0 spiro atoms. The molecule has 2 atom stereocenters. The Bertz CT molecular complexity index is 597. The molecule has 1 aromatic rings. The van der Waals surface area contributed by atoms with Crippen LogP contribution in [0, 0.1) is 0 Å². The SMILES string of the molecule is COc1ccc(N2C(=O)C(N)C3SSC=C32)c(OC)c1.Cl. The van der Waals surface area contributed by atoms with Crippen LogP contribution in [0.1, 0.15) is 0 Å². The van der Waals surface area contributed by atoms with Gasteiger partial charge in [0, 0.05) is 17.2 Å². The van der Waals surface area contributed by atoms with Crippen LogP contribution in [0.25, 0.3) is 0 Å². The number of amides is 1. The van der Waals surface area contributed by atoms with Crippen molar-refractivity contribution in [2.24, 2.45) is 5.73 Å². The molecule has 1 amide bonds. The first-order chi connectivity index (χ1) is 9.67. The molecule has 2 aliphatic rings. The average molecular weight is 347 g/mol. The van der Waals surface area contributed by atoms with Crippen LogP contribution in [0.3, 0.4) is 0 Å². The van der Waals surface area contributed by atoms with Crippen molar-refractivity contribution in [3.05, 3.63) is 29.3 Å². The number of methoxy groups -OCH3 is 2. The number of carbonyl (C=O) groups is 1. The van der Waals surface area contributed by atoms with Gasteiger partial charge in [-0.1, -0.05) is 21.6 Å². The summed E-state index contributed by atoms with van der Waals surface area (Å²) in [5, 5.41) is 1.99. The Balaban J connectivity index is 0.00000161.